The van der Waals surface area contributed by atoms with Gasteiger partial charge in [-0.3, -0.25) is 0 Å². The summed E-state index contributed by atoms with van der Waals surface area (Å²) in [6.07, 6.45) is -0.639. The van der Waals surface area contributed by atoms with E-state index < -0.39 is 6.10 Å². The molecule has 0 saturated carbocycles. The van der Waals surface area contributed by atoms with Crippen LogP contribution in [0.4, 0.5) is 4.39 Å². The van der Waals surface area contributed by atoms with E-state index in [-0.39, 0.29) is 5.82 Å². The zero-order valence-electron chi connectivity index (χ0n) is 6.01. The molecule has 0 aliphatic rings. The number of benzene rings is 1. The van der Waals surface area contributed by atoms with Crippen molar-refractivity contribution in [2.45, 2.75) is 13.0 Å². The number of halogens is 2. The summed E-state index contributed by atoms with van der Waals surface area (Å²) >= 11 is 3.20. The minimum atomic E-state index is -0.639. The lowest BCUT2D eigenvalue weighted by Crippen LogP contribution is -1.93. The van der Waals surface area contributed by atoms with Gasteiger partial charge in [-0.05, 0) is 30.7 Å². The zero-order chi connectivity index (χ0) is 8.43. The van der Waals surface area contributed by atoms with Gasteiger partial charge in [0, 0.05) is 4.47 Å². The molecule has 11 heavy (non-hydrogen) atoms. The number of rotatable bonds is 1. The van der Waals surface area contributed by atoms with Crippen LogP contribution in [0.2, 0.25) is 0 Å². The summed E-state index contributed by atoms with van der Waals surface area (Å²) in [6.45, 7) is 1.60. The van der Waals surface area contributed by atoms with Gasteiger partial charge in [0.2, 0.25) is 0 Å². The third kappa shape index (κ3) is 2.01. The van der Waals surface area contributed by atoms with E-state index in [0.29, 0.717) is 5.56 Å². The highest BCUT2D eigenvalue weighted by molar-refractivity contribution is 9.10. The summed E-state index contributed by atoms with van der Waals surface area (Å²) < 4.78 is 13.3. The second-order valence-electron chi connectivity index (χ2n) is 2.34. The quantitative estimate of drug-likeness (QED) is 0.769. The molecule has 1 rings (SSSR count). The molecule has 3 heteroatoms. The van der Waals surface area contributed by atoms with E-state index in [4.69, 9.17) is 5.11 Å². The Morgan fingerprint density at radius 2 is 2.18 bits per heavy atom. The summed E-state index contributed by atoms with van der Waals surface area (Å²) in [5.41, 5.74) is 0.574. The van der Waals surface area contributed by atoms with Crippen LogP contribution in [0, 0.1) is 5.82 Å². The number of hydrogen-bond donors (Lipinski definition) is 1. The summed E-state index contributed by atoms with van der Waals surface area (Å²) in [5, 5.41) is 9.13. The summed E-state index contributed by atoms with van der Waals surface area (Å²) in [4.78, 5) is 0. The SMILES string of the molecule is C[C@H](O)c1cc(F)ccc1Br. The second kappa shape index (κ2) is 3.32. The van der Waals surface area contributed by atoms with Crippen molar-refractivity contribution in [3.63, 3.8) is 0 Å². The van der Waals surface area contributed by atoms with Crippen molar-refractivity contribution in [2.75, 3.05) is 0 Å². The Bertz CT molecular complexity index is 260. The van der Waals surface area contributed by atoms with E-state index in [2.05, 4.69) is 15.9 Å². The van der Waals surface area contributed by atoms with Gasteiger partial charge in [-0.1, -0.05) is 15.9 Å². The van der Waals surface area contributed by atoms with E-state index in [1.54, 1.807) is 13.0 Å². The van der Waals surface area contributed by atoms with Crippen LogP contribution in [0.1, 0.15) is 18.6 Å². The van der Waals surface area contributed by atoms with Gasteiger partial charge in [0.15, 0.2) is 0 Å². The van der Waals surface area contributed by atoms with Crippen LogP contribution in [0.5, 0.6) is 0 Å². The normalized spacial score (nSPS) is 13.1. The van der Waals surface area contributed by atoms with Crippen molar-refractivity contribution in [1.82, 2.24) is 0 Å². The predicted molar refractivity (Wildman–Crippen MR) is 44.7 cm³/mol. The van der Waals surface area contributed by atoms with Gasteiger partial charge in [0.1, 0.15) is 5.82 Å². The van der Waals surface area contributed by atoms with Crippen LogP contribution in [-0.2, 0) is 0 Å². The molecule has 0 spiro atoms. The molecular weight excluding hydrogens is 211 g/mol. The van der Waals surface area contributed by atoms with Crippen molar-refractivity contribution in [3.05, 3.63) is 34.1 Å². The maximum Gasteiger partial charge on any atom is 0.123 e. The fourth-order valence-corrected chi connectivity index (χ4v) is 1.41. The molecule has 0 aliphatic heterocycles. The van der Waals surface area contributed by atoms with E-state index in [9.17, 15) is 4.39 Å². The molecule has 0 heterocycles. The van der Waals surface area contributed by atoms with Crippen molar-refractivity contribution >= 4 is 15.9 Å². The molecule has 1 atom stereocenters. The first kappa shape index (κ1) is 8.68. The molecule has 0 fully saturated rings. The highest BCUT2D eigenvalue weighted by Gasteiger charge is 2.06. The maximum absolute atomic E-state index is 12.6. The topological polar surface area (TPSA) is 20.2 Å². The van der Waals surface area contributed by atoms with E-state index in [1.807, 2.05) is 0 Å². The van der Waals surface area contributed by atoms with E-state index in [1.165, 1.54) is 12.1 Å². The van der Waals surface area contributed by atoms with Gasteiger partial charge in [0.05, 0.1) is 6.10 Å². The molecule has 0 aromatic heterocycles. The lowest BCUT2D eigenvalue weighted by Gasteiger charge is -2.06. The van der Waals surface area contributed by atoms with Gasteiger partial charge in [-0.2, -0.15) is 0 Å². The molecular formula is C8H8BrFO. The lowest BCUT2D eigenvalue weighted by atomic mass is 10.1. The number of hydrogen-bond acceptors (Lipinski definition) is 1. The van der Waals surface area contributed by atoms with Crippen molar-refractivity contribution < 1.29 is 9.50 Å². The van der Waals surface area contributed by atoms with Crippen LogP contribution >= 0.6 is 15.9 Å². The fourth-order valence-electron chi connectivity index (χ4n) is 0.835. The highest BCUT2D eigenvalue weighted by atomic mass is 79.9. The average Bonchev–Trinajstić information content (AvgIpc) is 1.94. The fraction of sp³-hybridized carbons (Fsp3) is 0.250. The highest BCUT2D eigenvalue weighted by Crippen LogP contribution is 2.23. The minimum Gasteiger partial charge on any atom is -0.389 e. The van der Waals surface area contributed by atoms with Gasteiger partial charge in [0.25, 0.3) is 0 Å². The van der Waals surface area contributed by atoms with Crippen LogP contribution in [0.3, 0.4) is 0 Å². The van der Waals surface area contributed by atoms with Gasteiger partial charge < -0.3 is 5.11 Å². The van der Waals surface area contributed by atoms with Gasteiger partial charge in [-0.15, -0.1) is 0 Å². The Hall–Kier alpha value is -0.410. The van der Waals surface area contributed by atoms with E-state index >= 15 is 0 Å². The molecule has 60 valence electrons. The molecule has 1 nitrogen and oxygen atoms in total. The zero-order valence-corrected chi connectivity index (χ0v) is 7.60. The molecule has 0 saturated heterocycles. The molecule has 0 aliphatic carbocycles. The lowest BCUT2D eigenvalue weighted by molar-refractivity contribution is 0.198. The van der Waals surface area contributed by atoms with Gasteiger partial charge >= 0.3 is 0 Å². The van der Waals surface area contributed by atoms with Crippen LogP contribution in [0.25, 0.3) is 0 Å². The van der Waals surface area contributed by atoms with Crippen molar-refractivity contribution in [2.24, 2.45) is 0 Å². The molecule has 0 amide bonds. The third-order valence-electron chi connectivity index (χ3n) is 1.41. The monoisotopic (exact) mass is 218 g/mol. The molecule has 1 aromatic carbocycles. The molecule has 1 aromatic rings. The van der Waals surface area contributed by atoms with Crippen LogP contribution < -0.4 is 0 Å². The van der Waals surface area contributed by atoms with Crippen molar-refractivity contribution in [1.29, 1.82) is 0 Å². The van der Waals surface area contributed by atoms with Gasteiger partial charge in [-0.25, -0.2) is 4.39 Å². The molecule has 0 radical (unpaired) electrons. The first-order valence-electron chi connectivity index (χ1n) is 3.24. The Balaban J connectivity index is 3.13. The Morgan fingerprint density at radius 1 is 1.55 bits per heavy atom. The van der Waals surface area contributed by atoms with E-state index in [0.717, 1.165) is 4.47 Å². The first-order chi connectivity index (χ1) is 5.11. The second-order valence-corrected chi connectivity index (χ2v) is 3.20. The summed E-state index contributed by atoms with van der Waals surface area (Å²) in [5.74, 6) is -0.330. The largest absolute Gasteiger partial charge is 0.389 e. The predicted octanol–water partition coefficient (Wildman–Crippen LogP) is 2.64. The number of aliphatic hydroxyl groups is 1. The van der Waals surface area contributed by atoms with Crippen LogP contribution in [0.15, 0.2) is 22.7 Å². The average molecular weight is 219 g/mol. The van der Waals surface area contributed by atoms with Crippen LogP contribution in [-0.4, -0.2) is 5.11 Å². The Kier molecular flexibility index (Phi) is 2.62. The standard InChI is InChI=1S/C8H8BrFO/c1-5(11)7-4-6(10)2-3-8(7)9/h2-5,11H,1H3/t5-/m0/s1. The maximum atomic E-state index is 12.6. The Labute approximate surface area is 73.0 Å². The molecule has 0 unspecified atom stereocenters. The third-order valence-corrected chi connectivity index (χ3v) is 2.13. The molecule has 0 bridgehead atoms. The number of aliphatic hydroxyl groups excluding tert-OH is 1. The molecule has 1 N–H and O–H groups in total. The summed E-state index contributed by atoms with van der Waals surface area (Å²) in [6, 6.07) is 4.24. The Morgan fingerprint density at radius 3 is 2.64 bits per heavy atom. The summed E-state index contributed by atoms with van der Waals surface area (Å²) in [7, 11) is 0. The smallest absolute Gasteiger partial charge is 0.123 e. The first-order valence-corrected chi connectivity index (χ1v) is 4.03. The van der Waals surface area contributed by atoms with Crippen molar-refractivity contribution in [3.8, 4) is 0 Å². The minimum absolute atomic E-state index is 0.330.